The number of carboxylic acid groups (broad SMARTS) is 1. The van der Waals surface area contributed by atoms with E-state index < -0.39 is 21.9 Å². The van der Waals surface area contributed by atoms with Gasteiger partial charge in [-0.3, -0.25) is 9.59 Å². The largest absolute Gasteiger partial charge is 0.481 e. The molecular formula is C19H26N2O5S. The van der Waals surface area contributed by atoms with Gasteiger partial charge in [0.2, 0.25) is 10.0 Å². The van der Waals surface area contributed by atoms with Crippen LogP contribution in [-0.2, 0) is 14.8 Å². The van der Waals surface area contributed by atoms with Gasteiger partial charge in [-0.05, 0) is 56.9 Å². The standard InChI is InChI=1S/C19H26N2O5S/c1-14-5-2-3-12-21(14)27(25,26)17-9-7-15(8-10-17)18(22)20-11-4-6-16(13-20)19(23)24/h7-10,14,16H,2-6,11-13H2,1H3,(H,23,24)/t14?,16-/m0/s1. The Morgan fingerprint density at radius 1 is 1.04 bits per heavy atom. The van der Waals surface area contributed by atoms with E-state index in [1.165, 1.54) is 28.6 Å². The number of hydrogen-bond donors (Lipinski definition) is 1. The van der Waals surface area contributed by atoms with Gasteiger partial charge in [-0.2, -0.15) is 4.31 Å². The van der Waals surface area contributed by atoms with Crippen LogP contribution in [0.15, 0.2) is 29.2 Å². The first-order chi connectivity index (χ1) is 12.8. The molecule has 0 radical (unpaired) electrons. The van der Waals surface area contributed by atoms with Crippen molar-refractivity contribution < 1.29 is 23.1 Å². The fourth-order valence-corrected chi connectivity index (χ4v) is 5.58. The average Bonchev–Trinajstić information content (AvgIpc) is 2.68. The fraction of sp³-hybridized carbons (Fsp3) is 0.579. The Bertz CT molecular complexity index is 806. The number of piperidine rings is 2. The number of hydrogen-bond acceptors (Lipinski definition) is 4. The van der Waals surface area contributed by atoms with E-state index in [-0.39, 0.29) is 23.4 Å². The number of aliphatic carboxylic acids is 1. The first-order valence-corrected chi connectivity index (χ1v) is 10.9. The summed E-state index contributed by atoms with van der Waals surface area (Å²) >= 11 is 0. The Kier molecular flexibility index (Phi) is 5.86. The zero-order chi connectivity index (χ0) is 19.6. The molecular weight excluding hydrogens is 368 g/mol. The van der Waals surface area contributed by atoms with Gasteiger partial charge in [-0.1, -0.05) is 6.42 Å². The van der Waals surface area contributed by atoms with E-state index in [2.05, 4.69) is 0 Å². The maximum absolute atomic E-state index is 12.9. The number of amides is 1. The number of carbonyl (C=O) groups is 2. The quantitative estimate of drug-likeness (QED) is 0.845. The van der Waals surface area contributed by atoms with Crippen molar-refractivity contribution in [2.75, 3.05) is 19.6 Å². The third-order valence-electron chi connectivity index (χ3n) is 5.51. The number of rotatable bonds is 4. The normalized spacial score (nSPS) is 24.6. The first kappa shape index (κ1) is 19.8. The molecule has 27 heavy (non-hydrogen) atoms. The van der Waals surface area contributed by atoms with E-state index in [0.717, 1.165) is 19.3 Å². The fourth-order valence-electron chi connectivity index (χ4n) is 3.88. The number of nitrogens with zero attached hydrogens (tertiary/aromatic N) is 2. The number of benzene rings is 1. The predicted octanol–water partition coefficient (Wildman–Crippen LogP) is 2.19. The van der Waals surface area contributed by atoms with Crippen LogP contribution in [0.1, 0.15) is 49.4 Å². The number of likely N-dealkylation sites (tertiary alicyclic amines) is 1. The zero-order valence-electron chi connectivity index (χ0n) is 15.5. The van der Waals surface area contributed by atoms with E-state index in [9.17, 15) is 23.1 Å². The molecule has 7 nitrogen and oxygen atoms in total. The Labute approximate surface area is 160 Å². The van der Waals surface area contributed by atoms with Crippen LogP contribution < -0.4 is 0 Å². The van der Waals surface area contributed by atoms with Crippen LogP contribution in [0.3, 0.4) is 0 Å². The number of sulfonamides is 1. The molecule has 1 aromatic rings. The predicted molar refractivity (Wildman–Crippen MR) is 99.9 cm³/mol. The van der Waals surface area contributed by atoms with Gasteiger partial charge in [0.25, 0.3) is 5.91 Å². The van der Waals surface area contributed by atoms with Gasteiger partial charge in [-0.25, -0.2) is 8.42 Å². The molecule has 0 spiro atoms. The Morgan fingerprint density at radius 2 is 1.74 bits per heavy atom. The van der Waals surface area contributed by atoms with Crippen LogP contribution in [0.4, 0.5) is 0 Å². The number of carbonyl (C=O) groups excluding carboxylic acids is 1. The van der Waals surface area contributed by atoms with Gasteiger partial charge in [-0.15, -0.1) is 0 Å². The van der Waals surface area contributed by atoms with Crippen molar-refractivity contribution >= 4 is 21.9 Å². The van der Waals surface area contributed by atoms with E-state index in [1.807, 2.05) is 6.92 Å². The molecule has 2 heterocycles. The van der Waals surface area contributed by atoms with E-state index >= 15 is 0 Å². The van der Waals surface area contributed by atoms with Crippen molar-refractivity contribution in [3.63, 3.8) is 0 Å². The van der Waals surface area contributed by atoms with Gasteiger partial charge in [0.1, 0.15) is 0 Å². The monoisotopic (exact) mass is 394 g/mol. The molecule has 2 saturated heterocycles. The molecule has 1 N–H and O–H groups in total. The zero-order valence-corrected chi connectivity index (χ0v) is 16.3. The van der Waals surface area contributed by atoms with Crippen molar-refractivity contribution in [1.82, 2.24) is 9.21 Å². The van der Waals surface area contributed by atoms with Crippen molar-refractivity contribution in [3.8, 4) is 0 Å². The highest BCUT2D eigenvalue weighted by Crippen LogP contribution is 2.26. The molecule has 3 rings (SSSR count). The summed E-state index contributed by atoms with van der Waals surface area (Å²) in [6, 6.07) is 5.97. The van der Waals surface area contributed by atoms with Crippen LogP contribution in [0.2, 0.25) is 0 Å². The van der Waals surface area contributed by atoms with Crippen molar-refractivity contribution in [2.45, 2.75) is 50.0 Å². The third-order valence-corrected chi connectivity index (χ3v) is 7.54. The highest BCUT2D eigenvalue weighted by atomic mass is 32.2. The van der Waals surface area contributed by atoms with Crippen LogP contribution in [0.25, 0.3) is 0 Å². The summed E-state index contributed by atoms with van der Waals surface area (Å²) in [6.07, 6.45) is 3.98. The highest BCUT2D eigenvalue weighted by Gasteiger charge is 2.32. The highest BCUT2D eigenvalue weighted by molar-refractivity contribution is 7.89. The molecule has 8 heteroatoms. The smallest absolute Gasteiger partial charge is 0.308 e. The van der Waals surface area contributed by atoms with Crippen LogP contribution in [0.5, 0.6) is 0 Å². The van der Waals surface area contributed by atoms with E-state index in [0.29, 0.717) is 31.5 Å². The summed E-state index contributed by atoms with van der Waals surface area (Å²) in [5.41, 5.74) is 0.381. The second kappa shape index (κ2) is 7.98. The van der Waals surface area contributed by atoms with Gasteiger partial charge >= 0.3 is 5.97 Å². The second-order valence-corrected chi connectivity index (χ2v) is 9.30. The lowest BCUT2D eigenvalue weighted by atomic mass is 9.97. The molecule has 1 amide bonds. The molecule has 0 bridgehead atoms. The number of carboxylic acids is 1. The summed E-state index contributed by atoms with van der Waals surface area (Å²) in [5.74, 6) is -1.68. The summed E-state index contributed by atoms with van der Waals surface area (Å²) < 4.78 is 27.3. The minimum atomic E-state index is -3.57. The lowest BCUT2D eigenvalue weighted by Crippen LogP contribution is -2.42. The van der Waals surface area contributed by atoms with Gasteiger partial charge in [0, 0.05) is 31.2 Å². The average molecular weight is 394 g/mol. The van der Waals surface area contributed by atoms with Gasteiger partial charge in [0.05, 0.1) is 10.8 Å². The summed E-state index contributed by atoms with van der Waals surface area (Å²) in [7, 11) is -3.57. The van der Waals surface area contributed by atoms with Crippen molar-refractivity contribution in [2.24, 2.45) is 5.92 Å². The topological polar surface area (TPSA) is 95.0 Å². The summed E-state index contributed by atoms with van der Waals surface area (Å²) in [5, 5.41) is 9.17. The lowest BCUT2D eigenvalue weighted by molar-refractivity contribution is -0.143. The second-order valence-electron chi connectivity index (χ2n) is 7.41. The van der Waals surface area contributed by atoms with Crippen LogP contribution in [0, 0.1) is 5.92 Å². The Balaban J connectivity index is 1.75. The molecule has 1 unspecified atom stereocenters. The van der Waals surface area contributed by atoms with E-state index in [1.54, 1.807) is 4.90 Å². The molecule has 148 valence electrons. The van der Waals surface area contributed by atoms with E-state index in [4.69, 9.17) is 0 Å². The molecule has 2 atom stereocenters. The van der Waals surface area contributed by atoms with Crippen molar-refractivity contribution in [1.29, 1.82) is 0 Å². The van der Waals surface area contributed by atoms with Gasteiger partial charge in [0.15, 0.2) is 0 Å². The first-order valence-electron chi connectivity index (χ1n) is 9.44. The Morgan fingerprint density at radius 3 is 2.37 bits per heavy atom. The molecule has 0 aromatic heterocycles. The van der Waals surface area contributed by atoms with Crippen molar-refractivity contribution in [3.05, 3.63) is 29.8 Å². The molecule has 2 aliphatic heterocycles. The SMILES string of the molecule is CC1CCCCN1S(=O)(=O)c1ccc(C(=O)N2CCC[C@H](C(=O)O)C2)cc1. The minimum Gasteiger partial charge on any atom is -0.481 e. The molecule has 1 aromatic carbocycles. The lowest BCUT2D eigenvalue weighted by Gasteiger charge is -2.32. The maximum Gasteiger partial charge on any atom is 0.308 e. The summed E-state index contributed by atoms with van der Waals surface area (Å²) in [4.78, 5) is 25.6. The molecule has 0 saturated carbocycles. The van der Waals surface area contributed by atoms with Crippen LogP contribution >= 0.6 is 0 Å². The molecule has 0 aliphatic carbocycles. The molecule has 2 aliphatic rings. The third kappa shape index (κ3) is 4.16. The maximum atomic E-state index is 12.9. The Hall–Kier alpha value is -1.93. The van der Waals surface area contributed by atoms with Gasteiger partial charge < -0.3 is 10.0 Å². The molecule has 2 fully saturated rings. The summed E-state index contributed by atoms with van der Waals surface area (Å²) in [6.45, 7) is 3.16. The van der Waals surface area contributed by atoms with Crippen LogP contribution in [-0.4, -0.2) is 60.3 Å². The minimum absolute atomic E-state index is 0.0219.